The summed E-state index contributed by atoms with van der Waals surface area (Å²) in [6, 6.07) is 5.15. The van der Waals surface area contributed by atoms with Crippen LogP contribution in [0.1, 0.15) is 0 Å². The molecule has 0 atom stereocenters. The van der Waals surface area contributed by atoms with Gasteiger partial charge in [-0.25, -0.2) is 15.0 Å². The second kappa shape index (κ2) is 4.12. The maximum Gasteiger partial charge on any atom is 0.183 e. The summed E-state index contributed by atoms with van der Waals surface area (Å²) in [6.07, 6.45) is 1.36. The lowest BCUT2D eigenvalue weighted by Gasteiger charge is -2.00. The fourth-order valence-corrected chi connectivity index (χ4v) is 2.03. The molecule has 90 valence electrons. The van der Waals surface area contributed by atoms with Crippen LogP contribution in [0.15, 0.2) is 24.5 Å². The molecular weight excluding hydrogens is 273 g/mol. The van der Waals surface area contributed by atoms with Gasteiger partial charge in [0.15, 0.2) is 11.5 Å². The summed E-state index contributed by atoms with van der Waals surface area (Å²) >= 11 is 12.1. The Morgan fingerprint density at radius 1 is 1.17 bits per heavy atom. The predicted octanol–water partition coefficient (Wildman–Crippen LogP) is 2.91. The average molecular weight is 280 g/mol. The van der Waals surface area contributed by atoms with Crippen molar-refractivity contribution in [3.63, 3.8) is 0 Å². The van der Waals surface area contributed by atoms with Gasteiger partial charge in [-0.15, -0.1) is 0 Å². The highest BCUT2D eigenvalue weighted by Crippen LogP contribution is 2.30. The molecule has 2 heterocycles. The highest BCUT2D eigenvalue weighted by Gasteiger charge is 2.12. The molecule has 3 aromatic rings. The van der Waals surface area contributed by atoms with Gasteiger partial charge in [0.1, 0.15) is 17.7 Å². The number of nitrogens with two attached hydrogens (primary N) is 1. The maximum atomic E-state index is 6.11. The molecule has 0 aliphatic rings. The molecule has 0 unspecified atom stereocenters. The molecule has 7 heteroatoms. The van der Waals surface area contributed by atoms with E-state index < -0.39 is 0 Å². The smallest absolute Gasteiger partial charge is 0.183 e. The van der Waals surface area contributed by atoms with E-state index in [1.807, 2.05) is 0 Å². The molecule has 2 aromatic heterocycles. The van der Waals surface area contributed by atoms with E-state index in [-0.39, 0.29) is 0 Å². The number of nitrogens with zero attached hydrogens (tertiary/aromatic N) is 3. The SMILES string of the molecule is Nc1ncnc2nc(-c3cc(Cl)ccc3Cl)[nH]c12. The number of aromatic amines is 1. The molecule has 0 fully saturated rings. The number of H-pyrrole nitrogens is 1. The quantitative estimate of drug-likeness (QED) is 0.718. The van der Waals surface area contributed by atoms with Crippen molar-refractivity contribution >= 4 is 40.2 Å². The molecule has 1 aromatic carbocycles. The fourth-order valence-electron chi connectivity index (χ4n) is 1.65. The Kier molecular flexibility index (Phi) is 2.57. The van der Waals surface area contributed by atoms with Gasteiger partial charge in [0.05, 0.1) is 5.02 Å². The van der Waals surface area contributed by atoms with E-state index >= 15 is 0 Å². The molecule has 0 amide bonds. The van der Waals surface area contributed by atoms with E-state index in [0.29, 0.717) is 38.4 Å². The zero-order valence-corrected chi connectivity index (χ0v) is 10.5. The zero-order valence-electron chi connectivity index (χ0n) is 8.98. The lowest BCUT2D eigenvalue weighted by atomic mass is 10.2. The molecule has 0 spiro atoms. The molecule has 0 radical (unpaired) electrons. The van der Waals surface area contributed by atoms with Gasteiger partial charge < -0.3 is 10.7 Å². The molecule has 0 aliphatic heterocycles. The topological polar surface area (TPSA) is 80.5 Å². The van der Waals surface area contributed by atoms with Crippen molar-refractivity contribution in [3.8, 4) is 11.4 Å². The first kappa shape index (κ1) is 11.3. The summed E-state index contributed by atoms with van der Waals surface area (Å²) in [7, 11) is 0. The molecular formula is C11H7Cl2N5. The number of hydrogen-bond donors (Lipinski definition) is 2. The number of benzene rings is 1. The van der Waals surface area contributed by atoms with Crippen LogP contribution in [0.2, 0.25) is 10.0 Å². The van der Waals surface area contributed by atoms with Crippen molar-refractivity contribution in [1.82, 2.24) is 19.9 Å². The number of anilines is 1. The van der Waals surface area contributed by atoms with Crippen molar-refractivity contribution in [1.29, 1.82) is 0 Å². The van der Waals surface area contributed by atoms with E-state index in [9.17, 15) is 0 Å². The maximum absolute atomic E-state index is 6.11. The normalized spacial score (nSPS) is 11.0. The lowest BCUT2D eigenvalue weighted by molar-refractivity contribution is 1.21. The molecule has 5 nitrogen and oxygen atoms in total. The van der Waals surface area contributed by atoms with Crippen LogP contribution in [0.4, 0.5) is 5.82 Å². The fraction of sp³-hybridized carbons (Fsp3) is 0. The molecule has 18 heavy (non-hydrogen) atoms. The van der Waals surface area contributed by atoms with Crippen LogP contribution in [-0.2, 0) is 0 Å². The number of nitrogens with one attached hydrogen (secondary N) is 1. The molecule has 0 aliphatic carbocycles. The largest absolute Gasteiger partial charge is 0.382 e. The van der Waals surface area contributed by atoms with Crippen LogP contribution in [0.5, 0.6) is 0 Å². The number of halogens is 2. The Morgan fingerprint density at radius 3 is 2.78 bits per heavy atom. The lowest BCUT2D eigenvalue weighted by Crippen LogP contribution is -1.91. The van der Waals surface area contributed by atoms with E-state index in [0.717, 1.165) is 0 Å². The molecule has 0 bridgehead atoms. The first-order chi connectivity index (χ1) is 8.65. The van der Waals surface area contributed by atoms with Crippen LogP contribution >= 0.6 is 23.2 Å². The summed E-state index contributed by atoms with van der Waals surface area (Å²) in [4.78, 5) is 15.3. The van der Waals surface area contributed by atoms with Gasteiger partial charge in [-0.2, -0.15) is 0 Å². The average Bonchev–Trinajstić information content (AvgIpc) is 2.77. The second-order valence-corrected chi connectivity index (χ2v) is 4.51. The number of imidazole rings is 1. The first-order valence-corrected chi connectivity index (χ1v) is 5.82. The summed E-state index contributed by atoms with van der Waals surface area (Å²) < 4.78 is 0. The minimum atomic E-state index is 0.344. The van der Waals surface area contributed by atoms with Crippen molar-refractivity contribution in [2.45, 2.75) is 0 Å². The van der Waals surface area contributed by atoms with E-state index in [1.165, 1.54) is 6.33 Å². The first-order valence-electron chi connectivity index (χ1n) is 5.07. The van der Waals surface area contributed by atoms with E-state index in [1.54, 1.807) is 18.2 Å². The molecule has 0 saturated carbocycles. The van der Waals surface area contributed by atoms with E-state index in [2.05, 4.69) is 19.9 Å². The number of rotatable bonds is 1. The highest BCUT2D eigenvalue weighted by molar-refractivity contribution is 6.35. The summed E-state index contributed by atoms with van der Waals surface area (Å²) in [5.74, 6) is 0.904. The van der Waals surface area contributed by atoms with Gasteiger partial charge in [0.2, 0.25) is 0 Å². The number of hydrogen-bond acceptors (Lipinski definition) is 4. The Bertz CT molecular complexity index is 737. The summed E-state index contributed by atoms with van der Waals surface area (Å²) in [5.41, 5.74) is 7.51. The Hall–Kier alpha value is -1.85. The second-order valence-electron chi connectivity index (χ2n) is 3.67. The van der Waals surface area contributed by atoms with Crippen molar-refractivity contribution in [3.05, 3.63) is 34.6 Å². The zero-order chi connectivity index (χ0) is 12.7. The number of aromatic nitrogens is 4. The van der Waals surface area contributed by atoms with Gasteiger partial charge in [-0.3, -0.25) is 0 Å². The van der Waals surface area contributed by atoms with Crippen LogP contribution in [-0.4, -0.2) is 19.9 Å². The molecule has 0 saturated heterocycles. The highest BCUT2D eigenvalue weighted by atomic mass is 35.5. The van der Waals surface area contributed by atoms with Crippen molar-refractivity contribution in [2.75, 3.05) is 5.73 Å². The van der Waals surface area contributed by atoms with Gasteiger partial charge in [-0.05, 0) is 18.2 Å². The number of fused-ring (bicyclic) bond motifs is 1. The van der Waals surface area contributed by atoms with E-state index in [4.69, 9.17) is 28.9 Å². The van der Waals surface area contributed by atoms with Gasteiger partial charge in [0.25, 0.3) is 0 Å². The minimum Gasteiger partial charge on any atom is -0.382 e. The summed E-state index contributed by atoms with van der Waals surface area (Å²) in [5, 5.41) is 1.12. The van der Waals surface area contributed by atoms with Gasteiger partial charge in [-0.1, -0.05) is 23.2 Å². The summed E-state index contributed by atoms with van der Waals surface area (Å²) in [6.45, 7) is 0. The monoisotopic (exact) mass is 279 g/mol. The third kappa shape index (κ3) is 1.77. The Labute approximate surface area is 112 Å². The predicted molar refractivity (Wildman–Crippen MR) is 71.6 cm³/mol. The number of nitrogen functional groups attached to an aromatic ring is 1. The van der Waals surface area contributed by atoms with Crippen LogP contribution in [0, 0.1) is 0 Å². The standard InChI is InChI=1S/C11H7Cl2N5/c12-5-1-2-7(13)6(3-5)10-17-8-9(14)15-4-16-11(8)18-10/h1-4H,(H3,14,15,16,17,18). The van der Waals surface area contributed by atoms with Crippen molar-refractivity contribution in [2.24, 2.45) is 0 Å². The Morgan fingerprint density at radius 2 is 2.00 bits per heavy atom. The molecule has 3 N–H and O–H groups in total. The Balaban J connectivity index is 2.26. The third-order valence-electron chi connectivity index (χ3n) is 2.50. The van der Waals surface area contributed by atoms with Crippen LogP contribution < -0.4 is 5.73 Å². The van der Waals surface area contributed by atoms with Gasteiger partial charge in [0, 0.05) is 10.6 Å². The van der Waals surface area contributed by atoms with Gasteiger partial charge >= 0.3 is 0 Å². The minimum absolute atomic E-state index is 0.344. The molecule has 3 rings (SSSR count). The third-order valence-corrected chi connectivity index (χ3v) is 3.07. The van der Waals surface area contributed by atoms with Crippen LogP contribution in [0.3, 0.4) is 0 Å². The van der Waals surface area contributed by atoms with Crippen molar-refractivity contribution < 1.29 is 0 Å². The van der Waals surface area contributed by atoms with Crippen LogP contribution in [0.25, 0.3) is 22.6 Å².